The fourth-order valence-electron chi connectivity index (χ4n) is 0.855. The summed E-state index contributed by atoms with van der Waals surface area (Å²) in [7, 11) is 0. The van der Waals surface area contributed by atoms with Gasteiger partial charge in [0, 0.05) is 24.9 Å². The number of hydrogen-bond acceptors (Lipinski definition) is 2. The highest BCUT2D eigenvalue weighted by molar-refractivity contribution is 5.16. The van der Waals surface area contributed by atoms with Crippen LogP contribution < -0.4 is 0 Å². The minimum absolute atomic E-state index is 0.113. The van der Waals surface area contributed by atoms with Gasteiger partial charge in [0.05, 0.1) is 5.56 Å². The van der Waals surface area contributed by atoms with Gasteiger partial charge in [-0.25, -0.2) is 0 Å². The Balaban J connectivity index is 2.81. The first-order chi connectivity index (χ1) is 6.04. The first kappa shape index (κ1) is 9.98. The van der Waals surface area contributed by atoms with Gasteiger partial charge in [0.15, 0.2) is 0 Å². The van der Waals surface area contributed by atoms with Gasteiger partial charge in [-0.1, -0.05) is 0 Å². The minimum Gasteiger partial charge on any atom is -0.396 e. The van der Waals surface area contributed by atoms with Gasteiger partial charge in [-0.05, 0) is 12.1 Å². The van der Waals surface area contributed by atoms with Crippen molar-refractivity contribution < 1.29 is 18.3 Å². The molecule has 13 heavy (non-hydrogen) atoms. The quantitative estimate of drug-likeness (QED) is 0.770. The second-order valence-corrected chi connectivity index (χ2v) is 2.51. The van der Waals surface area contributed by atoms with E-state index in [-0.39, 0.29) is 13.0 Å². The van der Waals surface area contributed by atoms with Crippen molar-refractivity contribution in [2.24, 2.45) is 0 Å². The highest BCUT2D eigenvalue weighted by atomic mass is 19.4. The van der Waals surface area contributed by atoms with Gasteiger partial charge < -0.3 is 5.11 Å². The minimum atomic E-state index is -4.34. The smallest absolute Gasteiger partial charge is 0.396 e. The lowest BCUT2D eigenvalue weighted by molar-refractivity contribution is -0.137. The number of hydrogen-bond donors (Lipinski definition) is 1. The number of pyridine rings is 1. The molecule has 5 heteroatoms. The molecule has 0 amide bonds. The van der Waals surface area contributed by atoms with Crippen LogP contribution in [0, 0.1) is 0 Å². The summed E-state index contributed by atoms with van der Waals surface area (Å²) in [5.41, 5.74) is -0.315. The molecule has 1 aromatic heterocycles. The van der Waals surface area contributed by atoms with Crippen molar-refractivity contribution in [1.82, 2.24) is 4.98 Å². The molecule has 0 radical (unpaired) electrons. The Hall–Kier alpha value is -1.10. The maximum absolute atomic E-state index is 12.0. The second kappa shape index (κ2) is 3.74. The van der Waals surface area contributed by atoms with E-state index in [1.807, 2.05) is 0 Å². The first-order valence-electron chi connectivity index (χ1n) is 3.67. The molecule has 1 N–H and O–H groups in total. The molecule has 0 atom stereocenters. The van der Waals surface area contributed by atoms with Crippen LogP contribution in [0.2, 0.25) is 0 Å². The number of aliphatic hydroxyl groups excluding tert-OH is 1. The number of nitrogens with zero attached hydrogens (tertiary/aromatic N) is 1. The van der Waals surface area contributed by atoms with Gasteiger partial charge in [-0.2, -0.15) is 13.2 Å². The average molecular weight is 191 g/mol. The second-order valence-electron chi connectivity index (χ2n) is 2.51. The van der Waals surface area contributed by atoms with Crippen LogP contribution in [0.3, 0.4) is 0 Å². The van der Waals surface area contributed by atoms with E-state index in [0.717, 1.165) is 12.3 Å². The van der Waals surface area contributed by atoms with Gasteiger partial charge in [0.2, 0.25) is 0 Å². The molecule has 1 rings (SSSR count). The van der Waals surface area contributed by atoms with Crippen molar-refractivity contribution in [3.63, 3.8) is 0 Å². The van der Waals surface area contributed by atoms with E-state index < -0.39 is 11.7 Å². The van der Waals surface area contributed by atoms with Crippen LogP contribution in [0.5, 0.6) is 0 Å². The zero-order valence-corrected chi connectivity index (χ0v) is 6.67. The molecular formula is C8H8F3NO. The highest BCUT2D eigenvalue weighted by Crippen LogP contribution is 2.28. The molecular weight excluding hydrogens is 183 g/mol. The van der Waals surface area contributed by atoms with Gasteiger partial charge >= 0.3 is 6.18 Å². The Labute approximate surface area is 73.0 Å². The molecule has 0 saturated carbocycles. The summed E-state index contributed by atoms with van der Waals surface area (Å²) in [6, 6.07) is 2.22. The van der Waals surface area contributed by atoms with Crippen LogP contribution >= 0.6 is 0 Å². The third kappa shape index (κ3) is 2.69. The molecule has 0 aliphatic carbocycles. The van der Waals surface area contributed by atoms with Gasteiger partial charge in [-0.15, -0.1) is 0 Å². The Morgan fingerprint density at radius 3 is 2.38 bits per heavy atom. The van der Waals surface area contributed by atoms with Gasteiger partial charge in [0.25, 0.3) is 0 Å². The summed E-state index contributed by atoms with van der Waals surface area (Å²) in [4.78, 5) is 3.55. The van der Waals surface area contributed by atoms with Crippen LogP contribution in [0.4, 0.5) is 13.2 Å². The Bertz CT molecular complexity index is 268. The van der Waals surface area contributed by atoms with Crippen molar-refractivity contribution in [2.45, 2.75) is 12.6 Å². The number of rotatable bonds is 2. The van der Waals surface area contributed by atoms with E-state index in [0.29, 0.717) is 5.69 Å². The predicted octanol–water partition coefficient (Wildman–Crippen LogP) is 1.64. The molecule has 0 aliphatic rings. The highest BCUT2D eigenvalue weighted by Gasteiger charge is 2.30. The molecule has 2 nitrogen and oxygen atoms in total. The molecule has 0 fully saturated rings. The van der Waals surface area contributed by atoms with Crippen molar-refractivity contribution >= 4 is 0 Å². The summed E-state index contributed by atoms with van der Waals surface area (Å²) in [6.45, 7) is -0.113. The fraction of sp³-hybridized carbons (Fsp3) is 0.375. The topological polar surface area (TPSA) is 33.1 Å². The summed E-state index contributed by atoms with van der Waals surface area (Å²) in [6.07, 6.45) is -3.30. The molecule has 0 spiro atoms. The molecule has 0 bridgehead atoms. The van der Waals surface area contributed by atoms with E-state index in [9.17, 15) is 13.2 Å². The molecule has 72 valence electrons. The van der Waals surface area contributed by atoms with Crippen LogP contribution in [0.15, 0.2) is 18.3 Å². The molecule has 0 aromatic carbocycles. The Morgan fingerprint density at radius 2 is 2.00 bits per heavy atom. The normalized spacial score (nSPS) is 11.7. The first-order valence-corrected chi connectivity index (χ1v) is 3.67. The predicted molar refractivity (Wildman–Crippen MR) is 40.0 cm³/mol. The van der Waals surface area contributed by atoms with E-state index >= 15 is 0 Å². The SMILES string of the molecule is OCCc1ccc(C(F)(F)F)cn1. The number of alkyl halides is 3. The lowest BCUT2D eigenvalue weighted by Gasteiger charge is -2.05. The van der Waals surface area contributed by atoms with Crippen LogP contribution in [0.1, 0.15) is 11.3 Å². The Kier molecular flexibility index (Phi) is 2.87. The summed E-state index contributed by atoms with van der Waals surface area (Å²) < 4.78 is 36.0. The zero-order valence-electron chi connectivity index (χ0n) is 6.67. The van der Waals surface area contributed by atoms with Crippen LogP contribution in [-0.2, 0) is 12.6 Å². The monoisotopic (exact) mass is 191 g/mol. The fourth-order valence-corrected chi connectivity index (χ4v) is 0.855. The van der Waals surface area contributed by atoms with Crippen LogP contribution in [0.25, 0.3) is 0 Å². The maximum Gasteiger partial charge on any atom is 0.417 e. The maximum atomic E-state index is 12.0. The lowest BCUT2D eigenvalue weighted by Crippen LogP contribution is -2.06. The summed E-state index contributed by atoms with van der Waals surface area (Å²) >= 11 is 0. The summed E-state index contributed by atoms with van der Waals surface area (Å²) in [5.74, 6) is 0. The van der Waals surface area contributed by atoms with Crippen molar-refractivity contribution in [3.8, 4) is 0 Å². The zero-order chi connectivity index (χ0) is 9.90. The van der Waals surface area contributed by atoms with Crippen molar-refractivity contribution in [2.75, 3.05) is 6.61 Å². The van der Waals surface area contributed by atoms with Crippen LogP contribution in [-0.4, -0.2) is 16.7 Å². The summed E-state index contributed by atoms with van der Waals surface area (Å²) in [5, 5.41) is 8.49. The van der Waals surface area contributed by atoms with Gasteiger partial charge in [0.1, 0.15) is 0 Å². The van der Waals surface area contributed by atoms with E-state index in [4.69, 9.17) is 5.11 Å². The van der Waals surface area contributed by atoms with E-state index in [2.05, 4.69) is 4.98 Å². The van der Waals surface area contributed by atoms with E-state index in [1.54, 1.807) is 0 Å². The standard InChI is InChI=1S/C8H8F3NO/c9-8(10,11)6-1-2-7(3-4-13)12-5-6/h1-2,5,13H,3-4H2. The number of aliphatic hydroxyl groups is 1. The van der Waals surface area contributed by atoms with Crippen molar-refractivity contribution in [3.05, 3.63) is 29.6 Å². The third-order valence-electron chi connectivity index (χ3n) is 1.52. The average Bonchev–Trinajstić information content (AvgIpc) is 2.04. The van der Waals surface area contributed by atoms with Gasteiger partial charge in [-0.3, -0.25) is 4.98 Å². The molecule has 0 saturated heterocycles. The molecule has 1 heterocycles. The third-order valence-corrected chi connectivity index (χ3v) is 1.52. The number of aromatic nitrogens is 1. The molecule has 0 aliphatic heterocycles. The number of halogens is 3. The Morgan fingerprint density at radius 1 is 1.31 bits per heavy atom. The molecule has 1 aromatic rings. The lowest BCUT2D eigenvalue weighted by atomic mass is 10.2. The van der Waals surface area contributed by atoms with E-state index in [1.165, 1.54) is 6.07 Å². The largest absolute Gasteiger partial charge is 0.417 e. The van der Waals surface area contributed by atoms with Crippen molar-refractivity contribution in [1.29, 1.82) is 0 Å². The molecule has 0 unspecified atom stereocenters.